The van der Waals surface area contributed by atoms with Gasteiger partial charge in [-0.2, -0.15) is 0 Å². The van der Waals surface area contributed by atoms with Gasteiger partial charge in [-0.25, -0.2) is 0 Å². The van der Waals surface area contributed by atoms with E-state index in [0.717, 1.165) is 34.9 Å². The third-order valence-electron chi connectivity index (χ3n) is 4.82. The Bertz CT molecular complexity index is 987. The van der Waals surface area contributed by atoms with Crippen molar-refractivity contribution in [2.75, 3.05) is 6.79 Å². The minimum absolute atomic E-state index is 0.0558. The van der Waals surface area contributed by atoms with E-state index >= 15 is 0 Å². The topological polar surface area (TPSA) is 51.3 Å². The molecule has 0 bridgehead atoms. The van der Waals surface area contributed by atoms with Gasteiger partial charge in [0, 0.05) is 10.8 Å². The summed E-state index contributed by atoms with van der Waals surface area (Å²) in [4.78, 5) is 15.6. The number of aromatic amines is 1. The van der Waals surface area contributed by atoms with Crippen LogP contribution in [0.2, 0.25) is 0 Å². The zero-order chi connectivity index (χ0) is 14.7. The van der Waals surface area contributed by atoms with Crippen LogP contribution in [-0.4, -0.2) is 11.8 Å². The van der Waals surface area contributed by atoms with Crippen LogP contribution in [0.1, 0.15) is 24.0 Å². The summed E-state index contributed by atoms with van der Waals surface area (Å²) < 4.78 is 10.9. The third-order valence-corrected chi connectivity index (χ3v) is 4.82. The van der Waals surface area contributed by atoms with Crippen molar-refractivity contribution in [2.24, 2.45) is 0 Å². The summed E-state index contributed by atoms with van der Waals surface area (Å²) in [5.41, 5.74) is 3.61. The predicted molar refractivity (Wildman–Crippen MR) is 84.8 cm³/mol. The van der Waals surface area contributed by atoms with Gasteiger partial charge in [-0.1, -0.05) is 12.1 Å². The molecule has 2 aromatic carbocycles. The van der Waals surface area contributed by atoms with Crippen LogP contribution in [0.25, 0.3) is 21.7 Å². The maximum Gasteiger partial charge on any atom is 0.256 e. The van der Waals surface area contributed by atoms with Crippen molar-refractivity contribution in [3.8, 4) is 11.5 Å². The zero-order valence-corrected chi connectivity index (χ0v) is 12.1. The molecule has 0 amide bonds. The molecule has 2 aliphatic rings. The number of benzene rings is 2. The van der Waals surface area contributed by atoms with Crippen molar-refractivity contribution in [2.45, 2.75) is 25.7 Å². The van der Waals surface area contributed by atoms with Crippen LogP contribution < -0.4 is 15.0 Å². The summed E-state index contributed by atoms with van der Waals surface area (Å²) in [5, 5.41) is 2.69. The molecule has 0 fully saturated rings. The standard InChI is InChI=1S/C18H15NO3/c20-18-14-8-16-15(21-9-22-16)7-13(14)12-6-5-10-3-1-2-4-11(10)17(12)19-18/h5-8H,1-4,9H2,(H,19,20). The summed E-state index contributed by atoms with van der Waals surface area (Å²) in [6.07, 6.45) is 4.56. The number of rotatable bonds is 0. The molecule has 1 aliphatic heterocycles. The fourth-order valence-electron chi connectivity index (χ4n) is 3.73. The number of ether oxygens (including phenoxy) is 2. The number of fused-ring (bicyclic) bond motifs is 6. The number of nitrogens with one attached hydrogen (secondary N) is 1. The van der Waals surface area contributed by atoms with Crippen LogP contribution in [-0.2, 0) is 12.8 Å². The average Bonchev–Trinajstić information content (AvgIpc) is 3.01. The van der Waals surface area contributed by atoms with E-state index in [1.807, 2.05) is 6.07 Å². The molecule has 0 radical (unpaired) electrons. The normalized spacial score (nSPS) is 16.2. The molecule has 0 atom stereocenters. The lowest BCUT2D eigenvalue weighted by atomic mass is 9.89. The Hall–Kier alpha value is -2.49. The third kappa shape index (κ3) is 1.55. The highest BCUT2D eigenvalue weighted by atomic mass is 16.7. The maximum absolute atomic E-state index is 12.5. The molecule has 0 saturated heterocycles. The van der Waals surface area contributed by atoms with Gasteiger partial charge in [-0.05, 0) is 48.9 Å². The molecule has 5 rings (SSSR count). The number of pyridine rings is 1. The molecule has 1 aliphatic carbocycles. The highest BCUT2D eigenvalue weighted by Crippen LogP contribution is 2.38. The molecule has 4 nitrogen and oxygen atoms in total. The quantitative estimate of drug-likeness (QED) is 0.647. The van der Waals surface area contributed by atoms with E-state index in [4.69, 9.17) is 9.47 Å². The van der Waals surface area contributed by atoms with Crippen molar-refractivity contribution in [3.63, 3.8) is 0 Å². The van der Waals surface area contributed by atoms with E-state index in [2.05, 4.69) is 17.1 Å². The molecule has 110 valence electrons. The number of H-pyrrole nitrogens is 1. The first-order valence-corrected chi connectivity index (χ1v) is 7.71. The summed E-state index contributed by atoms with van der Waals surface area (Å²) in [5.74, 6) is 1.37. The summed E-state index contributed by atoms with van der Waals surface area (Å²) in [6.45, 7) is 0.219. The Labute approximate surface area is 126 Å². The second-order valence-corrected chi connectivity index (χ2v) is 6.04. The lowest BCUT2D eigenvalue weighted by Gasteiger charge is -2.18. The van der Waals surface area contributed by atoms with Gasteiger partial charge in [0.15, 0.2) is 11.5 Å². The van der Waals surface area contributed by atoms with Gasteiger partial charge in [0.05, 0.1) is 10.9 Å². The van der Waals surface area contributed by atoms with Gasteiger partial charge in [0.1, 0.15) is 0 Å². The molecule has 22 heavy (non-hydrogen) atoms. The first-order valence-electron chi connectivity index (χ1n) is 7.71. The van der Waals surface area contributed by atoms with Crippen LogP contribution in [0, 0.1) is 0 Å². The molecular formula is C18H15NO3. The molecule has 2 heterocycles. The fraction of sp³-hybridized carbons (Fsp3) is 0.278. The summed E-state index contributed by atoms with van der Waals surface area (Å²) in [7, 11) is 0. The minimum atomic E-state index is -0.0558. The van der Waals surface area contributed by atoms with Crippen LogP contribution in [0.4, 0.5) is 0 Å². The molecule has 1 aromatic heterocycles. The molecule has 0 spiro atoms. The van der Waals surface area contributed by atoms with E-state index in [0.29, 0.717) is 11.1 Å². The van der Waals surface area contributed by atoms with Gasteiger partial charge in [-0.3, -0.25) is 4.79 Å². The Balaban J connectivity index is 1.94. The van der Waals surface area contributed by atoms with Gasteiger partial charge in [-0.15, -0.1) is 0 Å². The fourth-order valence-corrected chi connectivity index (χ4v) is 3.73. The Morgan fingerprint density at radius 3 is 2.55 bits per heavy atom. The van der Waals surface area contributed by atoms with E-state index in [1.54, 1.807) is 6.07 Å². The van der Waals surface area contributed by atoms with Crippen LogP contribution in [0.5, 0.6) is 11.5 Å². The molecular weight excluding hydrogens is 278 g/mol. The van der Waals surface area contributed by atoms with E-state index in [1.165, 1.54) is 24.0 Å². The van der Waals surface area contributed by atoms with Gasteiger partial charge in [0.25, 0.3) is 5.56 Å². The van der Waals surface area contributed by atoms with Gasteiger partial charge >= 0.3 is 0 Å². The number of aromatic nitrogens is 1. The number of aryl methyl sites for hydroxylation is 2. The van der Waals surface area contributed by atoms with E-state index in [9.17, 15) is 4.79 Å². The highest BCUT2D eigenvalue weighted by molar-refractivity contribution is 6.07. The van der Waals surface area contributed by atoms with Crippen molar-refractivity contribution in [1.29, 1.82) is 0 Å². The van der Waals surface area contributed by atoms with Crippen molar-refractivity contribution in [1.82, 2.24) is 4.98 Å². The molecule has 4 heteroatoms. The largest absolute Gasteiger partial charge is 0.454 e. The molecule has 0 unspecified atom stereocenters. The molecule has 1 N–H and O–H groups in total. The van der Waals surface area contributed by atoms with Crippen LogP contribution >= 0.6 is 0 Å². The Kier molecular flexibility index (Phi) is 2.34. The SMILES string of the molecule is O=c1[nH]c2c3c(ccc2c2cc4c(cc12)OCO4)CCCC3. The molecule has 0 saturated carbocycles. The predicted octanol–water partition coefficient (Wildman–Crippen LogP) is 3.29. The first kappa shape index (κ1) is 12.1. The smallest absolute Gasteiger partial charge is 0.256 e. The minimum Gasteiger partial charge on any atom is -0.454 e. The second-order valence-electron chi connectivity index (χ2n) is 6.04. The van der Waals surface area contributed by atoms with Crippen molar-refractivity contribution in [3.05, 3.63) is 45.7 Å². The number of hydrogen-bond donors (Lipinski definition) is 1. The zero-order valence-electron chi connectivity index (χ0n) is 12.1. The highest BCUT2D eigenvalue weighted by Gasteiger charge is 2.19. The monoisotopic (exact) mass is 293 g/mol. The molecule has 3 aromatic rings. The Morgan fingerprint density at radius 2 is 1.68 bits per heavy atom. The van der Waals surface area contributed by atoms with Gasteiger partial charge < -0.3 is 14.5 Å². The lowest BCUT2D eigenvalue weighted by molar-refractivity contribution is 0.174. The maximum atomic E-state index is 12.5. The van der Waals surface area contributed by atoms with Gasteiger partial charge in [0.2, 0.25) is 6.79 Å². The first-order chi connectivity index (χ1) is 10.8. The van der Waals surface area contributed by atoms with E-state index in [-0.39, 0.29) is 12.4 Å². The lowest BCUT2D eigenvalue weighted by Crippen LogP contribution is -2.11. The second kappa shape index (κ2) is 4.26. The summed E-state index contributed by atoms with van der Waals surface area (Å²) in [6, 6.07) is 8.05. The summed E-state index contributed by atoms with van der Waals surface area (Å²) >= 11 is 0. The van der Waals surface area contributed by atoms with Crippen molar-refractivity contribution < 1.29 is 9.47 Å². The van der Waals surface area contributed by atoms with Crippen molar-refractivity contribution >= 4 is 21.7 Å². The van der Waals surface area contributed by atoms with Crippen LogP contribution in [0.15, 0.2) is 29.1 Å². The van der Waals surface area contributed by atoms with Crippen LogP contribution in [0.3, 0.4) is 0 Å². The Morgan fingerprint density at radius 1 is 0.909 bits per heavy atom. The number of hydrogen-bond acceptors (Lipinski definition) is 3. The van der Waals surface area contributed by atoms with E-state index < -0.39 is 0 Å². The average molecular weight is 293 g/mol.